The first kappa shape index (κ1) is 21.6. The van der Waals surface area contributed by atoms with Gasteiger partial charge < -0.3 is 20.8 Å². The molecule has 2 atom stereocenters. The summed E-state index contributed by atoms with van der Waals surface area (Å²) in [5.74, 6) is -2.90. The highest BCUT2D eigenvalue weighted by molar-refractivity contribution is 5.89. The van der Waals surface area contributed by atoms with Gasteiger partial charge in [-0.1, -0.05) is 51.1 Å². The quantitative estimate of drug-likeness (QED) is 0.502. The minimum Gasteiger partial charge on any atom is -0.481 e. The number of hydrogen-bond acceptors (Lipinski definition) is 4. The Kier molecular flexibility index (Phi) is 8.25. The van der Waals surface area contributed by atoms with E-state index >= 15 is 0 Å². The molecule has 0 aliphatic rings. The van der Waals surface area contributed by atoms with Crippen molar-refractivity contribution < 1.29 is 24.6 Å². The van der Waals surface area contributed by atoms with Crippen molar-refractivity contribution in [3.8, 4) is 0 Å². The number of carboxylic acid groups (broad SMARTS) is 2. The number of rotatable bonds is 10. The third-order valence-electron chi connectivity index (χ3n) is 3.86. The van der Waals surface area contributed by atoms with Crippen molar-refractivity contribution in [3.05, 3.63) is 35.9 Å². The highest BCUT2D eigenvalue weighted by atomic mass is 16.4. The molecule has 1 aromatic carbocycles. The zero-order chi connectivity index (χ0) is 19.7. The summed E-state index contributed by atoms with van der Waals surface area (Å²) in [5.41, 5.74) is 0.810. The Morgan fingerprint density at radius 3 is 2.15 bits per heavy atom. The number of nitrogens with one attached hydrogen (secondary N) is 2. The van der Waals surface area contributed by atoms with E-state index in [4.69, 9.17) is 5.11 Å². The summed E-state index contributed by atoms with van der Waals surface area (Å²) in [6, 6.07) is 6.85. The number of benzene rings is 1. The van der Waals surface area contributed by atoms with Gasteiger partial charge in [0.2, 0.25) is 5.91 Å². The minimum atomic E-state index is -1.16. The van der Waals surface area contributed by atoms with Gasteiger partial charge in [-0.15, -0.1) is 0 Å². The molecule has 7 nitrogen and oxygen atoms in total. The Bertz CT molecular complexity index is 610. The highest BCUT2D eigenvalue weighted by Gasteiger charge is 2.27. The first-order valence-corrected chi connectivity index (χ1v) is 8.61. The molecule has 0 saturated heterocycles. The summed E-state index contributed by atoms with van der Waals surface area (Å²) in [5, 5.41) is 23.8. The fraction of sp³-hybridized carbons (Fsp3) is 0.526. The molecule has 1 aromatic rings. The Hall–Kier alpha value is -2.41. The number of carbonyl (C=O) groups excluding carboxylic acids is 1. The van der Waals surface area contributed by atoms with Crippen LogP contribution in [0, 0.1) is 5.41 Å². The van der Waals surface area contributed by atoms with Crippen LogP contribution >= 0.6 is 0 Å². The molecule has 1 rings (SSSR count). The summed E-state index contributed by atoms with van der Waals surface area (Å²) < 4.78 is 0. The van der Waals surface area contributed by atoms with Crippen LogP contribution in [0.3, 0.4) is 0 Å². The average Bonchev–Trinajstić information content (AvgIpc) is 2.52. The second-order valence-corrected chi connectivity index (χ2v) is 7.50. The van der Waals surface area contributed by atoms with Crippen LogP contribution in [0.1, 0.15) is 39.2 Å². The van der Waals surface area contributed by atoms with E-state index in [1.165, 1.54) is 0 Å². The molecule has 26 heavy (non-hydrogen) atoms. The summed E-state index contributed by atoms with van der Waals surface area (Å²) >= 11 is 0. The molecule has 0 aliphatic heterocycles. The van der Waals surface area contributed by atoms with Crippen molar-refractivity contribution >= 4 is 17.8 Å². The van der Waals surface area contributed by atoms with E-state index < -0.39 is 36.4 Å². The van der Waals surface area contributed by atoms with Gasteiger partial charge in [0.05, 0.1) is 12.5 Å². The smallest absolute Gasteiger partial charge is 0.326 e. The van der Waals surface area contributed by atoms with Crippen LogP contribution in [-0.2, 0) is 20.8 Å². The van der Waals surface area contributed by atoms with Gasteiger partial charge in [-0.2, -0.15) is 0 Å². The summed E-state index contributed by atoms with van der Waals surface area (Å²) in [7, 11) is 0. The van der Waals surface area contributed by atoms with Crippen molar-refractivity contribution in [3.63, 3.8) is 0 Å². The molecule has 0 aromatic heterocycles. The molecule has 1 unspecified atom stereocenters. The zero-order valence-electron chi connectivity index (χ0n) is 15.5. The van der Waals surface area contributed by atoms with Gasteiger partial charge in [0.15, 0.2) is 0 Å². The lowest BCUT2D eigenvalue weighted by Gasteiger charge is -2.23. The van der Waals surface area contributed by atoms with E-state index in [1.54, 1.807) is 24.3 Å². The molecular formula is C19H28N2O5. The second-order valence-electron chi connectivity index (χ2n) is 7.50. The van der Waals surface area contributed by atoms with E-state index in [0.29, 0.717) is 6.54 Å². The maximum Gasteiger partial charge on any atom is 0.326 e. The van der Waals surface area contributed by atoms with Gasteiger partial charge >= 0.3 is 11.9 Å². The molecule has 0 saturated carbocycles. The van der Waals surface area contributed by atoms with Crippen LogP contribution in [0.2, 0.25) is 0 Å². The van der Waals surface area contributed by atoms with Crippen LogP contribution in [0.4, 0.5) is 0 Å². The maximum atomic E-state index is 12.4. The Morgan fingerprint density at radius 2 is 1.65 bits per heavy atom. The molecule has 0 heterocycles. The van der Waals surface area contributed by atoms with Crippen LogP contribution in [0.15, 0.2) is 30.3 Å². The third kappa shape index (κ3) is 8.62. The van der Waals surface area contributed by atoms with Gasteiger partial charge in [-0.25, -0.2) is 4.79 Å². The molecule has 144 valence electrons. The molecule has 0 spiro atoms. The van der Waals surface area contributed by atoms with Crippen LogP contribution in [-0.4, -0.2) is 46.7 Å². The highest BCUT2D eigenvalue weighted by Crippen LogP contribution is 2.17. The monoisotopic (exact) mass is 364 g/mol. The molecule has 0 radical (unpaired) electrons. The summed E-state index contributed by atoms with van der Waals surface area (Å²) in [6.07, 6.45) is 0.472. The Balaban J connectivity index is 2.74. The first-order valence-electron chi connectivity index (χ1n) is 8.61. The van der Waals surface area contributed by atoms with Crippen molar-refractivity contribution in [2.45, 2.75) is 52.1 Å². The normalized spacial score (nSPS) is 13.7. The van der Waals surface area contributed by atoms with Crippen LogP contribution in [0.5, 0.6) is 0 Å². The number of carboxylic acids is 2. The molecule has 7 heteroatoms. The zero-order valence-corrected chi connectivity index (χ0v) is 15.5. The van der Waals surface area contributed by atoms with Crippen LogP contribution < -0.4 is 10.6 Å². The van der Waals surface area contributed by atoms with E-state index in [-0.39, 0.29) is 11.8 Å². The lowest BCUT2D eigenvalue weighted by Crippen LogP contribution is -2.52. The largest absolute Gasteiger partial charge is 0.481 e. The third-order valence-corrected chi connectivity index (χ3v) is 3.86. The lowest BCUT2D eigenvalue weighted by molar-refractivity contribution is -0.143. The van der Waals surface area contributed by atoms with E-state index in [1.807, 2.05) is 26.8 Å². The molecule has 0 bridgehead atoms. The summed E-state index contributed by atoms with van der Waals surface area (Å²) in [4.78, 5) is 35.0. The number of carbonyl (C=O) groups is 3. The van der Waals surface area contributed by atoms with Crippen molar-refractivity contribution in [2.75, 3.05) is 6.54 Å². The molecule has 0 fully saturated rings. The van der Waals surface area contributed by atoms with Gasteiger partial charge in [-0.05, 0) is 23.9 Å². The minimum absolute atomic E-state index is 0.0359. The lowest BCUT2D eigenvalue weighted by atomic mass is 9.92. The standard InChI is InChI=1S/C19H28N2O5/c1-19(2,3)9-10-20-14(12-16(22)23)17(24)21-15(18(25)26)11-13-7-5-4-6-8-13/h4-8,14-15,20H,9-12H2,1-3H3,(H,21,24)(H,22,23)(H,25,26)/t14?,15-/m0/s1. The first-order chi connectivity index (χ1) is 12.1. The van der Waals surface area contributed by atoms with E-state index in [9.17, 15) is 19.5 Å². The molecule has 4 N–H and O–H groups in total. The SMILES string of the molecule is CC(C)(C)CCNC(CC(=O)O)C(=O)N[C@@H](Cc1ccccc1)C(=O)O. The van der Waals surface area contributed by atoms with Gasteiger partial charge in [0.1, 0.15) is 6.04 Å². The number of amides is 1. The van der Waals surface area contributed by atoms with Gasteiger partial charge in [0.25, 0.3) is 0 Å². The molecular weight excluding hydrogens is 336 g/mol. The predicted octanol–water partition coefficient (Wildman–Crippen LogP) is 1.67. The number of aliphatic carboxylic acids is 2. The van der Waals surface area contributed by atoms with Gasteiger partial charge in [-0.3, -0.25) is 9.59 Å². The summed E-state index contributed by atoms with van der Waals surface area (Å²) in [6.45, 7) is 6.59. The maximum absolute atomic E-state index is 12.4. The predicted molar refractivity (Wildman–Crippen MR) is 97.8 cm³/mol. The molecule has 0 aliphatic carbocycles. The van der Waals surface area contributed by atoms with Crippen molar-refractivity contribution in [2.24, 2.45) is 5.41 Å². The topological polar surface area (TPSA) is 116 Å². The van der Waals surface area contributed by atoms with E-state index in [2.05, 4.69) is 10.6 Å². The van der Waals surface area contributed by atoms with Crippen molar-refractivity contribution in [1.82, 2.24) is 10.6 Å². The van der Waals surface area contributed by atoms with Gasteiger partial charge in [0, 0.05) is 6.42 Å². The Morgan fingerprint density at radius 1 is 1.04 bits per heavy atom. The average molecular weight is 364 g/mol. The fourth-order valence-electron chi connectivity index (χ4n) is 2.38. The van der Waals surface area contributed by atoms with Crippen LogP contribution in [0.25, 0.3) is 0 Å². The number of hydrogen-bond donors (Lipinski definition) is 4. The second kappa shape index (κ2) is 9.91. The Labute approximate surface area is 153 Å². The molecule has 1 amide bonds. The van der Waals surface area contributed by atoms with E-state index in [0.717, 1.165) is 12.0 Å². The van der Waals surface area contributed by atoms with Crippen molar-refractivity contribution in [1.29, 1.82) is 0 Å². The fourth-order valence-corrected chi connectivity index (χ4v) is 2.38.